The largest absolute Gasteiger partial charge is 2.00 e. The third-order valence-electron chi connectivity index (χ3n) is 8.32. The molecule has 3 aromatic carbocycles. The average molecular weight is 1000 g/mol. The molecular weight excluding hydrogens is 961 g/mol. The van der Waals surface area contributed by atoms with Gasteiger partial charge in [0.25, 0.3) is 0 Å². The molecule has 0 aliphatic carbocycles. The molecule has 292 valence electrons. The fourth-order valence-electron chi connectivity index (χ4n) is 5.93. The van der Waals surface area contributed by atoms with Gasteiger partial charge in [-0.15, -0.1) is 20.5 Å². The zero-order valence-electron chi connectivity index (χ0n) is 30.4. The SMILES string of the molecule is CC#N.[O-][Cl+3]([O-])([O-])[O-].[O-][Cl+3]([O-])([O-])[O-].[Pb+2].c1ccc2nc(CN3CCN(Cc4ccc5ccccc5n4)CCN(Cc4ccc5ccccc5n4)CC3)ccc2c1. The van der Waals surface area contributed by atoms with Crippen molar-refractivity contribution in [2.24, 2.45) is 0 Å². The summed E-state index contributed by atoms with van der Waals surface area (Å²) in [4.78, 5) is 22.6. The third-order valence-corrected chi connectivity index (χ3v) is 8.32. The second-order valence-corrected chi connectivity index (χ2v) is 13.8. The van der Waals surface area contributed by atoms with Gasteiger partial charge < -0.3 is 0 Å². The summed E-state index contributed by atoms with van der Waals surface area (Å²) in [7, 11) is -9.89. The summed E-state index contributed by atoms with van der Waals surface area (Å²) in [6.45, 7) is 9.90. The maximum absolute atomic E-state index is 8.49. The van der Waals surface area contributed by atoms with Crippen molar-refractivity contribution in [3.63, 3.8) is 0 Å². The number of hydrogen-bond acceptors (Lipinski definition) is 15. The Kier molecular flexibility index (Phi) is 19.2. The van der Waals surface area contributed by atoms with Crippen LogP contribution >= 0.6 is 0 Å². The Bertz CT molecular complexity index is 1910. The van der Waals surface area contributed by atoms with Crippen LogP contribution in [0.25, 0.3) is 32.7 Å². The van der Waals surface area contributed by atoms with Crippen LogP contribution in [0.4, 0.5) is 0 Å². The van der Waals surface area contributed by atoms with Crippen molar-refractivity contribution in [1.29, 1.82) is 5.26 Å². The van der Waals surface area contributed by atoms with Gasteiger partial charge in [0.05, 0.1) is 39.7 Å². The molecule has 18 heteroatoms. The van der Waals surface area contributed by atoms with Gasteiger partial charge in [0.15, 0.2) is 0 Å². The molecule has 1 fully saturated rings. The standard InChI is InChI=1S/C36H36N6.C2H3N.2ClHO4.Pb/c1-4-10-34-28(7-1)13-16-31(37-34)25-40-19-21-41(26-32-17-14-29-8-2-5-11-35(29)38-32)23-24-42(22-20-40)27-33-18-15-30-9-3-6-12-36(30)39-33;1-2-3;2*2-1(3,4)5;/h1-18H,19-27H2;1H3;2*(H,2,3,4,5);/q;;;;+2/p-2. The number of benzene rings is 3. The minimum Gasteiger partial charge on any atom is -0.295 e. The molecule has 0 atom stereocenters. The summed E-state index contributed by atoms with van der Waals surface area (Å²) in [5, 5.41) is 10.9. The van der Waals surface area contributed by atoms with E-state index in [0.29, 0.717) is 0 Å². The number of para-hydroxylation sites is 3. The van der Waals surface area contributed by atoms with Crippen LogP contribution in [0.5, 0.6) is 0 Å². The van der Waals surface area contributed by atoms with E-state index in [4.69, 9.17) is 57.5 Å². The predicted octanol–water partition coefficient (Wildman–Crippen LogP) is -3.21. The van der Waals surface area contributed by atoms with Crippen molar-refractivity contribution in [1.82, 2.24) is 29.7 Å². The van der Waals surface area contributed by atoms with Crippen LogP contribution in [-0.2, 0) is 19.6 Å². The first-order chi connectivity index (χ1) is 26.2. The van der Waals surface area contributed by atoms with Gasteiger partial charge >= 0.3 is 27.3 Å². The Morgan fingerprint density at radius 2 is 0.679 bits per heavy atom. The van der Waals surface area contributed by atoms with E-state index in [1.54, 1.807) is 6.07 Å². The number of pyridine rings is 3. The minimum absolute atomic E-state index is 0. The van der Waals surface area contributed by atoms with Crippen LogP contribution < -0.4 is 37.3 Å². The summed E-state index contributed by atoms with van der Waals surface area (Å²) in [6, 6.07) is 40.0. The normalized spacial score (nSPS) is 14.3. The third kappa shape index (κ3) is 17.7. The predicted molar refractivity (Wildman–Crippen MR) is 188 cm³/mol. The summed E-state index contributed by atoms with van der Waals surface area (Å²) >= 11 is 0. The van der Waals surface area contributed by atoms with E-state index in [0.717, 1.165) is 92.5 Å². The molecule has 1 saturated heterocycles. The number of aromatic nitrogens is 3. The van der Waals surface area contributed by atoms with Crippen LogP contribution in [0.2, 0.25) is 0 Å². The monoisotopic (exact) mass is 999 g/mol. The van der Waals surface area contributed by atoms with Gasteiger partial charge in [-0.1, -0.05) is 72.8 Å². The molecule has 7 rings (SSSR count). The summed E-state index contributed by atoms with van der Waals surface area (Å²) in [6.07, 6.45) is 0. The van der Waals surface area contributed by atoms with Crippen LogP contribution in [0.15, 0.2) is 109 Å². The first-order valence-electron chi connectivity index (χ1n) is 16.9. The van der Waals surface area contributed by atoms with Gasteiger partial charge in [0.2, 0.25) is 0 Å². The van der Waals surface area contributed by atoms with Gasteiger partial charge in [-0.05, 0) is 36.4 Å². The maximum Gasteiger partial charge on any atom is 2.00 e. The van der Waals surface area contributed by atoms with E-state index in [2.05, 4.69) is 124 Å². The number of hydrogen-bond donors (Lipinski definition) is 0. The number of rotatable bonds is 6. The van der Waals surface area contributed by atoms with Crippen LogP contribution in [0, 0.1) is 31.8 Å². The van der Waals surface area contributed by atoms with Gasteiger partial charge in [-0.2, -0.15) is 5.26 Å². The molecule has 1 aliphatic rings. The molecule has 0 saturated carbocycles. The first-order valence-corrected chi connectivity index (χ1v) is 19.4. The minimum atomic E-state index is -4.94. The molecule has 2 radical (unpaired) electrons. The van der Waals surface area contributed by atoms with Gasteiger partial charge in [0.1, 0.15) is 0 Å². The molecule has 6 aromatic rings. The van der Waals surface area contributed by atoms with E-state index in [1.807, 2.05) is 0 Å². The summed E-state index contributed by atoms with van der Waals surface area (Å²) < 4.78 is 67.9. The van der Waals surface area contributed by atoms with Crippen molar-refractivity contribution < 1.29 is 57.8 Å². The molecule has 0 unspecified atom stereocenters. The summed E-state index contributed by atoms with van der Waals surface area (Å²) in [5.74, 6) is 0. The fourth-order valence-corrected chi connectivity index (χ4v) is 5.93. The van der Waals surface area contributed by atoms with Crippen LogP contribution in [0.1, 0.15) is 24.0 Å². The molecule has 15 nitrogen and oxygen atoms in total. The zero-order chi connectivity index (χ0) is 39.8. The number of nitriles is 1. The van der Waals surface area contributed by atoms with Crippen molar-refractivity contribution in [3.05, 3.63) is 126 Å². The molecule has 3 aromatic heterocycles. The molecule has 0 N–H and O–H groups in total. The molecule has 0 spiro atoms. The molecular formula is C38H39Cl2N7O8Pb. The fraction of sp³-hybridized carbons (Fsp3) is 0.263. The first kappa shape index (κ1) is 46.8. The Morgan fingerprint density at radius 3 is 0.911 bits per heavy atom. The van der Waals surface area contributed by atoms with Crippen LogP contribution in [-0.4, -0.2) is 96.2 Å². The maximum atomic E-state index is 8.49. The van der Waals surface area contributed by atoms with Gasteiger partial charge in [-0.3, -0.25) is 29.7 Å². The summed E-state index contributed by atoms with van der Waals surface area (Å²) in [5.41, 5.74) is 6.56. The van der Waals surface area contributed by atoms with E-state index in [-0.39, 0.29) is 27.3 Å². The van der Waals surface area contributed by atoms with Crippen molar-refractivity contribution in [2.75, 3.05) is 39.3 Å². The van der Waals surface area contributed by atoms with Crippen molar-refractivity contribution >= 4 is 60.0 Å². The van der Waals surface area contributed by atoms with E-state index < -0.39 is 20.5 Å². The second kappa shape index (κ2) is 23.0. The number of halogens is 2. The van der Waals surface area contributed by atoms with E-state index >= 15 is 0 Å². The van der Waals surface area contributed by atoms with Crippen LogP contribution in [0.3, 0.4) is 0 Å². The molecule has 4 heterocycles. The van der Waals surface area contributed by atoms with Gasteiger partial charge in [0, 0.05) is 82.0 Å². The average Bonchev–Trinajstić information content (AvgIpc) is 3.21. The Balaban J connectivity index is 0.000000525. The Hall–Kier alpha value is -3.56. The van der Waals surface area contributed by atoms with Gasteiger partial charge in [-0.25, -0.2) is 37.3 Å². The number of fused-ring (bicyclic) bond motifs is 3. The zero-order valence-corrected chi connectivity index (χ0v) is 35.8. The topological polar surface area (TPSA) is 257 Å². The Morgan fingerprint density at radius 1 is 0.464 bits per heavy atom. The molecule has 1 aliphatic heterocycles. The van der Waals surface area contributed by atoms with E-state index in [1.165, 1.54) is 23.1 Å². The second-order valence-electron chi connectivity index (χ2n) is 12.3. The van der Waals surface area contributed by atoms with Crippen molar-refractivity contribution in [2.45, 2.75) is 26.6 Å². The molecule has 0 amide bonds. The molecule has 0 bridgehead atoms. The molecule has 56 heavy (non-hydrogen) atoms. The van der Waals surface area contributed by atoms with Crippen molar-refractivity contribution in [3.8, 4) is 6.07 Å². The smallest absolute Gasteiger partial charge is 0.295 e. The van der Waals surface area contributed by atoms with E-state index in [9.17, 15) is 0 Å². The quantitative estimate of drug-likeness (QED) is 0.149. The Labute approximate surface area is 349 Å². The number of nitrogens with zero attached hydrogens (tertiary/aromatic N) is 7.